The Labute approximate surface area is 170 Å². The molecule has 4 unspecified atom stereocenters. The molecule has 0 saturated carbocycles. The number of rotatable bonds is 8. The molecule has 158 valence electrons. The Kier molecular flexibility index (Phi) is 6.84. The second-order valence-corrected chi connectivity index (χ2v) is 7.06. The molecule has 0 amide bonds. The Bertz CT molecular complexity index is 823. The van der Waals surface area contributed by atoms with Crippen LogP contribution in [-0.4, -0.2) is 51.5 Å². The molecule has 4 atom stereocenters. The number of methoxy groups -OCH3 is 4. The Hall–Kier alpha value is -2.48. The number of aromatic hydroxyl groups is 2. The fourth-order valence-corrected chi connectivity index (χ4v) is 4.01. The van der Waals surface area contributed by atoms with Gasteiger partial charge in [-0.25, -0.2) is 0 Å². The molecule has 2 aromatic rings. The maximum atomic E-state index is 9.91. The van der Waals surface area contributed by atoms with Crippen molar-refractivity contribution in [2.75, 3.05) is 35.0 Å². The van der Waals surface area contributed by atoms with Gasteiger partial charge >= 0.3 is 0 Å². The van der Waals surface area contributed by atoms with Crippen LogP contribution >= 0.6 is 0 Å². The lowest BCUT2D eigenvalue weighted by Crippen LogP contribution is -2.29. The third-order valence-corrected chi connectivity index (χ3v) is 5.48. The first-order valence-electron chi connectivity index (χ1n) is 9.42. The predicted molar refractivity (Wildman–Crippen MR) is 107 cm³/mol. The minimum absolute atomic E-state index is 0.0130. The summed E-state index contributed by atoms with van der Waals surface area (Å²) in [6.45, 7) is 0.472. The standard InChI is InChI=1S/C22H28O7/c1-25-19-10-13(5-7-17(19)23)9-15-16(12-29-22(15)28-4)21(27-3)14-6-8-18(24)20(11-14)26-2/h5-8,10-11,15-16,21-24H,9,12H2,1-4H3. The monoisotopic (exact) mass is 404 g/mol. The van der Waals surface area contributed by atoms with Crippen LogP contribution in [0.25, 0.3) is 0 Å². The number of phenols is 2. The minimum Gasteiger partial charge on any atom is -0.504 e. The Morgan fingerprint density at radius 1 is 0.966 bits per heavy atom. The van der Waals surface area contributed by atoms with E-state index in [-0.39, 0.29) is 35.7 Å². The highest BCUT2D eigenvalue weighted by Crippen LogP contribution is 2.42. The van der Waals surface area contributed by atoms with Gasteiger partial charge < -0.3 is 33.9 Å². The molecule has 0 spiro atoms. The largest absolute Gasteiger partial charge is 0.504 e. The molecule has 0 radical (unpaired) electrons. The number of ether oxygens (including phenoxy) is 5. The van der Waals surface area contributed by atoms with Crippen LogP contribution in [0.5, 0.6) is 23.0 Å². The maximum absolute atomic E-state index is 9.91. The quantitative estimate of drug-likeness (QED) is 0.698. The second-order valence-electron chi connectivity index (χ2n) is 7.06. The third-order valence-electron chi connectivity index (χ3n) is 5.48. The average Bonchev–Trinajstić information content (AvgIpc) is 3.13. The fourth-order valence-electron chi connectivity index (χ4n) is 4.01. The van der Waals surface area contributed by atoms with Crippen molar-refractivity contribution in [1.82, 2.24) is 0 Å². The highest BCUT2D eigenvalue weighted by molar-refractivity contribution is 5.43. The summed E-state index contributed by atoms with van der Waals surface area (Å²) in [6, 6.07) is 10.5. The van der Waals surface area contributed by atoms with Crippen molar-refractivity contribution < 1.29 is 33.9 Å². The van der Waals surface area contributed by atoms with Gasteiger partial charge in [0.25, 0.3) is 0 Å². The van der Waals surface area contributed by atoms with Gasteiger partial charge in [-0.15, -0.1) is 0 Å². The zero-order valence-electron chi connectivity index (χ0n) is 17.1. The normalized spacial score (nSPS) is 22.4. The van der Waals surface area contributed by atoms with Gasteiger partial charge in [-0.2, -0.15) is 0 Å². The van der Waals surface area contributed by atoms with Gasteiger partial charge in [-0.05, 0) is 41.8 Å². The van der Waals surface area contributed by atoms with E-state index in [9.17, 15) is 10.2 Å². The van der Waals surface area contributed by atoms with Gasteiger partial charge in [0.05, 0.1) is 26.9 Å². The molecule has 2 aromatic carbocycles. The molecule has 1 fully saturated rings. The summed E-state index contributed by atoms with van der Waals surface area (Å²) in [5.41, 5.74) is 1.89. The highest BCUT2D eigenvalue weighted by atomic mass is 16.7. The van der Waals surface area contributed by atoms with Crippen LogP contribution in [-0.2, 0) is 20.6 Å². The fraction of sp³-hybridized carbons (Fsp3) is 0.455. The van der Waals surface area contributed by atoms with Crippen molar-refractivity contribution in [2.45, 2.75) is 18.8 Å². The maximum Gasteiger partial charge on any atom is 0.160 e. The van der Waals surface area contributed by atoms with E-state index in [0.29, 0.717) is 24.5 Å². The SMILES string of the molecule is COc1cc(CC2C(OC)OCC2C(OC)c2ccc(O)c(OC)c2)ccc1O. The molecule has 3 rings (SSSR count). The molecule has 1 aliphatic heterocycles. The van der Waals surface area contributed by atoms with Crippen LogP contribution in [0.4, 0.5) is 0 Å². The molecule has 0 bridgehead atoms. The Balaban J connectivity index is 1.89. The van der Waals surface area contributed by atoms with Crippen LogP contribution in [0.1, 0.15) is 17.2 Å². The lowest BCUT2D eigenvalue weighted by atomic mass is 9.82. The van der Waals surface area contributed by atoms with Gasteiger partial charge in [-0.3, -0.25) is 0 Å². The molecule has 0 aromatic heterocycles. The van der Waals surface area contributed by atoms with E-state index < -0.39 is 0 Å². The third kappa shape index (κ3) is 4.42. The topological polar surface area (TPSA) is 86.6 Å². The van der Waals surface area contributed by atoms with Crippen LogP contribution in [0, 0.1) is 11.8 Å². The van der Waals surface area contributed by atoms with E-state index in [4.69, 9.17) is 23.7 Å². The number of benzene rings is 2. The molecule has 1 heterocycles. The molecule has 29 heavy (non-hydrogen) atoms. The zero-order chi connectivity index (χ0) is 21.0. The molecule has 7 heteroatoms. The lowest BCUT2D eigenvalue weighted by Gasteiger charge is -2.28. The summed E-state index contributed by atoms with van der Waals surface area (Å²) in [5, 5.41) is 19.8. The smallest absolute Gasteiger partial charge is 0.160 e. The van der Waals surface area contributed by atoms with Crippen LogP contribution in [0.15, 0.2) is 36.4 Å². The van der Waals surface area contributed by atoms with Crippen molar-refractivity contribution >= 4 is 0 Å². The predicted octanol–water partition coefficient (Wildman–Crippen LogP) is 3.28. The van der Waals surface area contributed by atoms with Crippen molar-refractivity contribution in [2.24, 2.45) is 11.8 Å². The number of phenolic OH excluding ortho intramolecular Hbond substituents is 2. The first kappa shape index (κ1) is 21.2. The molecule has 2 N–H and O–H groups in total. The Morgan fingerprint density at radius 2 is 1.62 bits per heavy atom. The van der Waals surface area contributed by atoms with Crippen molar-refractivity contribution in [3.63, 3.8) is 0 Å². The first-order valence-corrected chi connectivity index (χ1v) is 9.42. The van der Waals surface area contributed by atoms with Crippen molar-refractivity contribution in [3.05, 3.63) is 47.5 Å². The van der Waals surface area contributed by atoms with Crippen LogP contribution in [0.3, 0.4) is 0 Å². The molecule has 1 saturated heterocycles. The van der Waals surface area contributed by atoms with Crippen LogP contribution in [0.2, 0.25) is 0 Å². The van der Waals surface area contributed by atoms with E-state index in [1.807, 2.05) is 18.2 Å². The Morgan fingerprint density at radius 3 is 2.24 bits per heavy atom. The zero-order valence-corrected chi connectivity index (χ0v) is 17.1. The summed E-state index contributed by atoms with van der Waals surface area (Å²) in [7, 11) is 6.33. The molecule has 1 aliphatic rings. The van der Waals surface area contributed by atoms with E-state index in [1.165, 1.54) is 14.2 Å². The van der Waals surface area contributed by atoms with Gasteiger partial charge in [0, 0.05) is 26.1 Å². The first-order chi connectivity index (χ1) is 14.0. The van der Waals surface area contributed by atoms with Crippen molar-refractivity contribution in [3.8, 4) is 23.0 Å². The summed E-state index contributed by atoms with van der Waals surface area (Å²) in [6.07, 6.45) is 0.0136. The molecule has 0 aliphatic carbocycles. The average molecular weight is 404 g/mol. The summed E-state index contributed by atoms with van der Waals surface area (Å²) in [5.74, 6) is 1.03. The molecular formula is C22H28O7. The van der Waals surface area contributed by atoms with Crippen molar-refractivity contribution in [1.29, 1.82) is 0 Å². The summed E-state index contributed by atoms with van der Waals surface area (Å²) >= 11 is 0. The van der Waals surface area contributed by atoms with E-state index in [1.54, 1.807) is 32.4 Å². The number of hydrogen-bond donors (Lipinski definition) is 2. The van der Waals surface area contributed by atoms with E-state index >= 15 is 0 Å². The highest BCUT2D eigenvalue weighted by Gasteiger charge is 2.42. The number of hydrogen-bond acceptors (Lipinski definition) is 7. The van der Waals surface area contributed by atoms with Gasteiger partial charge in [0.1, 0.15) is 0 Å². The van der Waals surface area contributed by atoms with Gasteiger partial charge in [-0.1, -0.05) is 12.1 Å². The minimum atomic E-state index is -0.378. The molecular weight excluding hydrogens is 376 g/mol. The molecule has 7 nitrogen and oxygen atoms in total. The van der Waals surface area contributed by atoms with Gasteiger partial charge in [0.2, 0.25) is 0 Å². The van der Waals surface area contributed by atoms with E-state index in [2.05, 4.69) is 0 Å². The van der Waals surface area contributed by atoms with Gasteiger partial charge in [0.15, 0.2) is 29.3 Å². The lowest BCUT2D eigenvalue weighted by molar-refractivity contribution is -0.110. The van der Waals surface area contributed by atoms with Crippen LogP contribution < -0.4 is 9.47 Å². The summed E-state index contributed by atoms with van der Waals surface area (Å²) < 4.78 is 27.8. The van der Waals surface area contributed by atoms with E-state index in [0.717, 1.165) is 11.1 Å². The second kappa shape index (κ2) is 9.35. The summed E-state index contributed by atoms with van der Waals surface area (Å²) in [4.78, 5) is 0.